The van der Waals surface area contributed by atoms with Gasteiger partial charge in [0.1, 0.15) is 6.26 Å². The molecule has 0 aliphatic rings. The normalized spacial score (nSPS) is 10.6. The first-order valence-corrected chi connectivity index (χ1v) is 8.99. The SMILES string of the molecule is CCCCCC(=C=COC)[Si](C)(C)C. The van der Waals surface area contributed by atoms with Crippen LogP contribution in [0.25, 0.3) is 0 Å². The molecule has 0 rings (SSSR count). The molecule has 0 heterocycles. The van der Waals surface area contributed by atoms with Crippen molar-refractivity contribution in [2.75, 3.05) is 7.11 Å². The van der Waals surface area contributed by atoms with Crippen LogP contribution in [0.4, 0.5) is 0 Å². The van der Waals surface area contributed by atoms with Gasteiger partial charge in [0.05, 0.1) is 15.2 Å². The van der Waals surface area contributed by atoms with Crippen LogP contribution < -0.4 is 0 Å². The summed E-state index contributed by atoms with van der Waals surface area (Å²) in [6.07, 6.45) is 6.79. The summed E-state index contributed by atoms with van der Waals surface area (Å²) in [5, 5.41) is 1.49. The van der Waals surface area contributed by atoms with Crippen molar-refractivity contribution in [3.05, 3.63) is 17.2 Å². The fraction of sp³-hybridized carbons (Fsp3) is 0.750. The molecule has 2 heteroatoms. The Morgan fingerprint density at radius 1 is 1.29 bits per heavy atom. The molecule has 1 nitrogen and oxygen atoms in total. The van der Waals surface area contributed by atoms with Crippen LogP contribution in [0.1, 0.15) is 32.6 Å². The molecule has 82 valence electrons. The third kappa shape index (κ3) is 6.06. The van der Waals surface area contributed by atoms with E-state index in [0.717, 1.165) is 0 Å². The summed E-state index contributed by atoms with van der Waals surface area (Å²) >= 11 is 0. The summed E-state index contributed by atoms with van der Waals surface area (Å²) in [5.74, 6) is 0. The van der Waals surface area contributed by atoms with E-state index < -0.39 is 8.07 Å². The second kappa shape index (κ2) is 6.91. The van der Waals surface area contributed by atoms with E-state index in [1.54, 1.807) is 13.4 Å². The zero-order valence-corrected chi connectivity index (χ0v) is 11.3. The molecule has 0 atom stereocenters. The lowest BCUT2D eigenvalue weighted by atomic mass is 10.2. The van der Waals surface area contributed by atoms with E-state index in [1.165, 1.54) is 30.9 Å². The van der Waals surface area contributed by atoms with Crippen LogP contribution in [0.15, 0.2) is 17.2 Å². The Bertz CT molecular complexity index is 207. The predicted molar refractivity (Wildman–Crippen MR) is 66.1 cm³/mol. The summed E-state index contributed by atoms with van der Waals surface area (Å²) in [4.78, 5) is 0. The molecule has 0 fully saturated rings. The molecule has 0 bridgehead atoms. The first-order valence-electron chi connectivity index (χ1n) is 5.49. The van der Waals surface area contributed by atoms with Crippen molar-refractivity contribution >= 4 is 8.07 Å². The molecule has 0 unspecified atom stereocenters. The number of unbranched alkanes of at least 4 members (excludes halogenated alkanes) is 2. The lowest BCUT2D eigenvalue weighted by Gasteiger charge is -2.18. The van der Waals surface area contributed by atoms with Gasteiger partial charge in [-0.05, 0) is 18.0 Å². The molecule has 0 aromatic carbocycles. The highest BCUT2D eigenvalue weighted by Gasteiger charge is 2.18. The molecule has 0 amide bonds. The van der Waals surface area contributed by atoms with Gasteiger partial charge in [0.2, 0.25) is 0 Å². The van der Waals surface area contributed by atoms with Gasteiger partial charge < -0.3 is 4.74 Å². The Morgan fingerprint density at radius 3 is 2.36 bits per heavy atom. The standard InChI is InChI=1S/C12H24OSi/c1-6-7-8-9-12(10-11-13-2)14(3,4)5/h11H,6-9H2,1-5H3. The van der Waals surface area contributed by atoms with Crippen molar-refractivity contribution in [1.82, 2.24) is 0 Å². The zero-order chi connectivity index (χ0) is 11.0. The van der Waals surface area contributed by atoms with E-state index >= 15 is 0 Å². The van der Waals surface area contributed by atoms with E-state index in [0.29, 0.717) is 0 Å². The maximum absolute atomic E-state index is 4.94. The van der Waals surface area contributed by atoms with E-state index in [9.17, 15) is 0 Å². The molecule has 0 saturated heterocycles. The fourth-order valence-corrected chi connectivity index (χ4v) is 2.76. The van der Waals surface area contributed by atoms with Gasteiger partial charge in [-0.1, -0.05) is 45.1 Å². The average Bonchev–Trinajstić information content (AvgIpc) is 2.09. The molecule has 0 aliphatic carbocycles. The van der Waals surface area contributed by atoms with Crippen LogP contribution in [-0.2, 0) is 4.74 Å². The molecule has 0 saturated carbocycles. The van der Waals surface area contributed by atoms with Crippen LogP contribution in [0.2, 0.25) is 19.6 Å². The molecule has 0 radical (unpaired) electrons. The molecule has 0 spiro atoms. The summed E-state index contributed by atoms with van der Waals surface area (Å²) in [7, 11) is 0.502. The molecule has 14 heavy (non-hydrogen) atoms. The number of ether oxygens (including phenoxy) is 1. The largest absolute Gasteiger partial charge is 0.496 e. The van der Waals surface area contributed by atoms with Crippen LogP contribution in [0.3, 0.4) is 0 Å². The Labute approximate surface area is 89.9 Å². The quantitative estimate of drug-likeness (QED) is 0.278. The van der Waals surface area contributed by atoms with Crippen molar-refractivity contribution in [2.24, 2.45) is 0 Å². The highest BCUT2D eigenvalue weighted by Crippen LogP contribution is 2.19. The van der Waals surface area contributed by atoms with Gasteiger partial charge >= 0.3 is 0 Å². The molecule has 0 aliphatic heterocycles. The van der Waals surface area contributed by atoms with Gasteiger partial charge in [-0.15, -0.1) is 0 Å². The minimum atomic E-state index is -1.18. The third-order valence-electron chi connectivity index (χ3n) is 2.29. The highest BCUT2D eigenvalue weighted by molar-refractivity contribution is 6.83. The molecular formula is C12H24OSi. The lowest BCUT2D eigenvalue weighted by molar-refractivity contribution is 0.338. The second-order valence-electron chi connectivity index (χ2n) is 4.68. The van der Waals surface area contributed by atoms with Crippen molar-refractivity contribution in [2.45, 2.75) is 52.2 Å². The molecule has 0 aromatic rings. The van der Waals surface area contributed by atoms with Crippen molar-refractivity contribution < 1.29 is 4.74 Å². The van der Waals surface area contributed by atoms with Gasteiger partial charge in [-0.25, -0.2) is 0 Å². The minimum Gasteiger partial charge on any atom is -0.496 e. The maximum Gasteiger partial charge on any atom is 0.124 e. The van der Waals surface area contributed by atoms with Gasteiger partial charge in [-0.2, -0.15) is 0 Å². The topological polar surface area (TPSA) is 9.23 Å². The van der Waals surface area contributed by atoms with Crippen LogP contribution in [0, 0.1) is 0 Å². The fourth-order valence-electron chi connectivity index (χ4n) is 1.35. The number of methoxy groups -OCH3 is 1. The summed E-state index contributed by atoms with van der Waals surface area (Å²) in [5.41, 5.74) is 3.30. The molecule has 0 aromatic heterocycles. The number of hydrogen-bond acceptors (Lipinski definition) is 1. The predicted octanol–water partition coefficient (Wildman–Crippen LogP) is 4.13. The van der Waals surface area contributed by atoms with Crippen molar-refractivity contribution in [3.8, 4) is 0 Å². The smallest absolute Gasteiger partial charge is 0.124 e. The third-order valence-corrected chi connectivity index (χ3v) is 4.49. The van der Waals surface area contributed by atoms with Gasteiger partial charge in [0.15, 0.2) is 0 Å². The molecule has 0 N–H and O–H groups in total. The summed E-state index contributed by atoms with van der Waals surface area (Å²) < 4.78 is 4.94. The van der Waals surface area contributed by atoms with E-state index in [4.69, 9.17) is 4.74 Å². The maximum atomic E-state index is 4.94. The minimum absolute atomic E-state index is 1.18. The zero-order valence-electron chi connectivity index (χ0n) is 10.3. The van der Waals surface area contributed by atoms with Crippen molar-refractivity contribution in [3.63, 3.8) is 0 Å². The van der Waals surface area contributed by atoms with E-state index in [-0.39, 0.29) is 0 Å². The number of hydrogen-bond donors (Lipinski definition) is 0. The summed E-state index contributed by atoms with van der Waals surface area (Å²) in [6, 6.07) is 0. The van der Waals surface area contributed by atoms with Crippen LogP contribution >= 0.6 is 0 Å². The van der Waals surface area contributed by atoms with Gasteiger partial charge in [-0.3, -0.25) is 0 Å². The Kier molecular flexibility index (Phi) is 6.68. The first kappa shape index (κ1) is 13.5. The Morgan fingerprint density at radius 2 is 1.93 bits per heavy atom. The summed E-state index contributed by atoms with van der Waals surface area (Å²) in [6.45, 7) is 9.34. The average molecular weight is 212 g/mol. The lowest BCUT2D eigenvalue weighted by Crippen LogP contribution is -2.23. The number of allylic oxidation sites excluding steroid dienone is 1. The Balaban J connectivity index is 4.35. The highest BCUT2D eigenvalue weighted by atomic mass is 28.3. The van der Waals surface area contributed by atoms with Gasteiger partial charge in [0.25, 0.3) is 0 Å². The second-order valence-corrected chi connectivity index (χ2v) is 9.79. The van der Waals surface area contributed by atoms with Crippen LogP contribution in [-0.4, -0.2) is 15.2 Å². The van der Waals surface area contributed by atoms with E-state index in [2.05, 4.69) is 32.3 Å². The monoisotopic (exact) mass is 212 g/mol. The van der Waals surface area contributed by atoms with Crippen LogP contribution in [0.5, 0.6) is 0 Å². The Hall–Kier alpha value is -0.463. The van der Waals surface area contributed by atoms with E-state index in [1.807, 2.05) is 0 Å². The van der Waals surface area contributed by atoms with Gasteiger partial charge in [0, 0.05) is 0 Å². The molecular weight excluding hydrogens is 188 g/mol. The number of rotatable bonds is 6. The van der Waals surface area contributed by atoms with Crippen molar-refractivity contribution in [1.29, 1.82) is 0 Å². The first-order chi connectivity index (χ1) is 6.52.